The van der Waals surface area contributed by atoms with Crippen molar-refractivity contribution in [3.05, 3.63) is 34.6 Å². The first kappa shape index (κ1) is 13.8. The second kappa shape index (κ2) is 5.18. The number of halogens is 2. The maximum atomic E-state index is 14.2. The van der Waals surface area contributed by atoms with Gasteiger partial charge in [-0.3, -0.25) is 0 Å². The highest BCUT2D eigenvalue weighted by Gasteiger charge is 2.47. The lowest BCUT2D eigenvalue weighted by molar-refractivity contribution is 0.0963. The van der Waals surface area contributed by atoms with Crippen LogP contribution < -0.4 is 5.32 Å². The SMILES string of the molecule is CNCC1(c2cccc(Cl)c2F)CC(C(C)C)C1. The number of hydrogen-bond acceptors (Lipinski definition) is 1. The van der Waals surface area contributed by atoms with Crippen LogP contribution in [0.15, 0.2) is 18.2 Å². The summed E-state index contributed by atoms with van der Waals surface area (Å²) >= 11 is 5.90. The molecule has 100 valence electrons. The fourth-order valence-corrected chi connectivity index (χ4v) is 3.30. The first-order valence-corrected chi connectivity index (χ1v) is 6.97. The number of nitrogens with one attached hydrogen (secondary N) is 1. The monoisotopic (exact) mass is 269 g/mol. The summed E-state index contributed by atoms with van der Waals surface area (Å²) < 4.78 is 14.2. The molecule has 0 bridgehead atoms. The molecule has 3 heteroatoms. The van der Waals surface area contributed by atoms with E-state index in [1.807, 2.05) is 19.2 Å². The number of rotatable bonds is 4. The quantitative estimate of drug-likeness (QED) is 0.871. The van der Waals surface area contributed by atoms with Crippen molar-refractivity contribution in [2.24, 2.45) is 11.8 Å². The molecule has 2 rings (SSSR count). The van der Waals surface area contributed by atoms with Crippen LogP contribution in [0.1, 0.15) is 32.3 Å². The molecule has 1 fully saturated rings. The van der Waals surface area contributed by atoms with Gasteiger partial charge in [0.05, 0.1) is 5.02 Å². The smallest absolute Gasteiger partial charge is 0.145 e. The summed E-state index contributed by atoms with van der Waals surface area (Å²) in [4.78, 5) is 0. The van der Waals surface area contributed by atoms with Crippen molar-refractivity contribution in [3.63, 3.8) is 0 Å². The van der Waals surface area contributed by atoms with Crippen LogP contribution in [0.5, 0.6) is 0 Å². The average Bonchev–Trinajstić information content (AvgIpc) is 2.27. The molecule has 1 aliphatic rings. The number of hydrogen-bond donors (Lipinski definition) is 1. The third kappa shape index (κ3) is 2.28. The van der Waals surface area contributed by atoms with Gasteiger partial charge < -0.3 is 5.32 Å². The predicted octanol–water partition coefficient (Wildman–Crippen LogP) is 4.00. The molecular formula is C15H21ClFN. The van der Waals surface area contributed by atoms with Gasteiger partial charge in [0.1, 0.15) is 5.82 Å². The first-order chi connectivity index (χ1) is 8.50. The van der Waals surface area contributed by atoms with E-state index >= 15 is 0 Å². The Morgan fingerprint density at radius 1 is 1.44 bits per heavy atom. The number of benzene rings is 1. The van der Waals surface area contributed by atoms with E-state index in [1.54, 1.807) is 6.07 Å². The molecule has 0 amide bonds. The van der Waals surface area contributed by atoms with Crippen LogP contribution in [0.3, 0.4) is 0 Å². The molecule has 1 N–H and O–H groups in total. The van der Waals surface area contributed by atoms with Gasteiger partial charge in [0.25, 0.3) is 0 Å². The first-order valence-electron chi connectivity index (χ1n) is 6.59. The fourth-order valence-electron chi connectivity index (χ4n) is 3.13. The molecule has 0 radical (unpaired) electrons. The van der Waals surface area contributed by atoms with Gasteiger partial charge in [-0.25, -0.2) is 4.39 Å². The van der Waals surface area contributed by atoms with Crippen LogP contribution in [-0.4, -0.2) is 13.6 Å². The molecular weight excluding hydrogens is 249 g/mol. The van der Waals surface area contributed by atoms with E-state index in [9.17, 15) is 4.39 Å². The van der Waals surface area contributed by atoms with E-state index in [-0.39, 0.29) is 16.3 Å². The molecule has 1 saturated carbocycles. The highest BCUT2D eigenvalue weighted by Crippen LogP contribution is 2.51. The molecule has 1 aromatic rings. The normalized spacial score (nSPS) is 27.3. The highest BCUT2D eigenvalue weighted by molar-refractivity contribution is 6.30. The summed E-state index contributed by atoms with van der Waals surface area (Å²) in [5.74, 6) is 1.12. The molecule has 0 aromatic heterocycles. The van der Waals surface area contributed by atoms with Crippen molar-refractivity contribution in [2.75, 3.05) is 13.6 Å². The van der Waals surface area contributed by atoms with Crippen LogP contribution in [0.2, 0.25) is 5.02 Å². The van der Waals surface area contributed by atoms with Crippen LogP contribution in [0, 0.1) is 17.7 Å². The van der Waals surface area contributed by atoms with Crippen molar-refractivity contribution in [1.29, 1.82) is 0 Å². The highest BCUT2D eigenvalue weighted by atomic mass is 35.5. The topological polar surface area (TPSA) is 12.0 Å². The summed E-state index contributed by atoms with van der Waals surface area (Å²) in [6.07, 6.45) is 2.09. The van der Waals surface area contributed by atoms with Crippen LogP contribution in [0.4, 0.5) is 4.39 Å². The summed E-state index contributed by atoms with van der Waals surface area (Å²) in [6.45, 7) is 5.29. The molecule has 1 aromatic carbocycles. The summed E-state index contributed by atoms with van der Waals surface area (Å²) in [7, 11) is 1.92. The summed E-state index contributed by atoms with van der Waals surface area (Å²) in [6, 6.07) is 5.35. The minimum Gasteiger partial charge on any atom is -0.319 e. The Hall–Kier alpha value is -0.600. The molecule has 18 heavy (non-hydrogen) atoms. The van der Waals surface area contributed by atoms with Crippen LogP contribution in [0.25, 0.3) is 0 Å². The second-order valence-electron chi connectivity index (χ2n) is 5.82. The second-order valence-corrected chi connectivity index (χ2v) is 6.23. The maximum Gasteiger partial charge on any atom is 0.145 e. The zero-order valence-corrected chi connectivity index (χ0v) is 12.0. The number of likely N-dealkylation sites (N-methyl/N-ethyl adjacent to an activating group) is 1. The van der Waals surface area contributed by atoms with Gasteiger partial charge in [-0.05, 0) is 43.4 Å². The van der Waals surface area contributed by atoms with E-state index in [1.165, 1.54) is 0 Å². The average molecular weight is 270 g/mol. The van der Waals surface area contributed by atoms with Crippen molar-refractivity contribution in [2.45, 2.75) is 32.1 Å². The van der Waals surface area contributed by atoms with Crippen LogP contribution >= 0.6 is 11.6 Å². The van der Waals surface area contributed by atoms with E-state index < -0.39 is 0 Å². The largest absolute Gasteiger partial charge is 0.319 e. The molecule has 0 heterocycles. The standard InChI is InChI=1S/C15H21ClFN/c1-10(2)11-7-15(8-11,9-18-3)12-5-4-6-13(16)14(12)17/h4-6,10-11,18H,7-9H2,1-3H3. The molecule has 0 atom stereocenters. The van der Waals surface area contributed by atoms with Gasteiger partial charge in [-0.1, -0.05) is 37.6 Å². The van der Waals surface area contributed by atoms with Gasteiger partial charge >= 0.3 is 0 Å². The molecule has 0 unspecified atom stereocenters. The van der Waals surface area contributed by atoms with Crippen molar-refractivity contribution < 1.29 is 4.39 Å². The van der Waals surface area contributed by atoms with E-state index in [0.29, 0.717) is 11.8 Å². The van der Waals surface area contributed by atoms with Gasteiger partial charge in [0, 0.05) is 12.0 Å². The van der Waals surface area contributed by atoms with Crippen molar-refractivity contribution in [1.82, 2.24) is 5.32 Å². The predicted molar refractivity (Wildman–Crippen MR) is 74.6 cm³/mol. The lowest BCUT2D eigenvalue weighted by atomic mass is 9.55. The molecule has 1 aliphatic carbocycles. The lowest BCUT2D eigenvalue weighted by Gasteiger charge is -2.50. The Morgan fingerprint density at radius 3 is 2.67 bits per heavy atom. The van der Waals surface area contributed by atoms with Crippen molar-refractivity contribution >= 4 is 11.6 Å². The van der Waals surface area contributed by atoms with Gasteiger partial charge in [0.15, 0.2) is 0 Å². The Bertz CT molecular complexity index is 425. The molecule has 0 spiro atoms. The van der Waals surface area contributed by atoms with Gasteiger partial charge in [-0.15, -0.1) is 0 Å². The zero-order chi connectivity index (χ0) is 13.3. The van der Waals surface area contributed by atoms with Crippen molar-refractivity contribution in [3.8, 4) is 0 Å². The molecule has 0 aliphatic heterocycles. The Morgan fingerprint density at radius 2 is 2.11 bits per heavy atom. The maximum absolute atomic E-state index is 14.2. The summed E-state index contributed by atoms with van der Waals surface area (Å²) in [5, 5.41) is 3.44. The minimum atomic E-state index is -0.239. The molecule has 0 saturated heterocycles. The third-order valence-corrected chi connectivity index (χ3v) is 4.58. The molecule has 1 nitrogen and oxygen atoms in total. The Kier molecular flexibility index (Phi) is 3.98. The fraction of sp³-hybridized carbons (Fsp3) is 0.600. The van der Waals surface area contributed by atoms with Gasteiger partial charge in [-0.2, -0.15) is 0 Å². The Labute approximate surface area is 114 Å². The third-order valence-electron chi connectivity index (χ3n) is 4.29. The van der Waals surface area contributed by atoms with E-state index in [4.69, 9.17) is 11.6 Å². The zero-order valence-electron chi connectivity index (χ0n) is 11.3. The Balaban J connectivity index is 2.30. The van der Waals surface area contributed by atoms with E-state index in [2.05, 4.69) is 19.2 Å². The lowest BCUT2D eigenvalue weighted by Crippen LogP contribution is -2.49. The summed E-state index contributed by atoms with van der Waals surface area (Å²) in [5.41, 5.74) is 0.708. The van der Waals surface area contributed by atoms with Gasteiger partial charge in [0.2, 0.25) is 0 Å². The van der Waals surface area contributed by atoms with E-state index in [0.717, 1.165) is 24.9 Å². The van der Waals surface area contributed by atoms with Crippen LogP contribution in [-0.2, 0) is 5.41 Å². The minimum absolute atomic E-state index is 0.0708.